The lowest BCUT2D eigenvalue weighted by atomic mass is 9.93. The highest BCUT2D eigenvalue weighted by atomic mass is 16.3. The summed E-state index contributed by atoms with van der Waals surface area (Å²) in [6, 6.07) is 6.75. The van der Waals surface area contributed by atoms with Crippen molar-refractivity contribution in [3.05, 3.63) is 29.8 Å². The summed E-state index contributed by atoms with van der Waals surface area (Å²) in [7, 11) is 0. The molecule has 1 aliphatic rings. The Morgan fingerprint density at radius 2 is 2.21 bits per heavy atom. The van der Waals surface area contributed by atoms with Gasteiger partial charge in [0.1, 0.15) is 5.75 Å². The van der Waals surface area contributed by atoms with Crippen molar-refractivity contribution < 1.29 is 9.90 Å². The molecule has 0 heterocycles. The maximum Gasteiger partial charge on any atom is 0.251 e. The number of phenols is 1. The van der Waals surface area contributed by atoms with Gasteiger partial charge in [-0.25, -0.2) is 0 Å². The minimum Gasteiger partial charge on any atom is -0.508 e. The normalized spacial score (nSPS) is 16.0. The number of hydrogen-bond donors (Lipinski definition) is 2. The van der Waals surface area contributed by atoms with Crippen molar-refractivity contribution in [1.82, 2.24) is 5.32 Å². The van der Waals surface area contributed by atoms with Crippen LogP contribution in [-0.2, 0) is 0 Å². The Morgan fingerprint density at radius 1 is 1.43 bits per heavy atom. The molecule has 1 fully saturated rings. The quantitative estimate of drug-likeness (QED) is 0.747. The van der Waals surface area contributed by atoms with Gasteiger partial charge in [0.15, 0.2) is 0 Å². The van der Waals surface area contributed by atoms with E-state index in [9.17, 15) is 9.90 Å². The fourth-order valence-electron chi connectivity index (χ4n) is 1.47. The molecule has 0 aromatic heterocycles. The molecule has 1 saturated carbocycles. The van der Waals surface area contributed by atoms with Crippen LogP contribution < -0.4 is 5.32 Å². The lowest BCUT2D eigenvalue weighted by molar-refractivity contribution is 0.0916. The summed E-state index contributed by atoms with van der Waals surface area (Å²) < 4.78 is 0. The van der Waals surface area contributed by atoms with Gasteiger partial charge in [-0.3, -0.25) is 4.79 Å². The van der Waals surface area contributed by atoms with Gasteiger partial charge in [-0.1, -0.05) is 6.07 Å². The maximum absolute atomic E-state index is 11.6. The van der Waals surface area contributed by atoms with Crippen LogP contribution in [0.25, 0.3) is 0 Å². The fraction of sp³-hybridized carbons (Fsp3) is 0.364. The third-order valence-corrected chi connectivity index (χ3v) is 2.55. The third-order valence-electron chi connectivity index (χ3n) is 2.55. The van der Waals surface area contributed by atoms with E-state index >= 15 is 0 Å². The van der Waals surface area contributed by atoms with Gasteiger partial charge in [-0.15, -0.1) is 0 Å². The summed E-state index contributed by atoms with van der Waals surface area (Å²) in [5, 5.41) is 12.1. The standard InChI is InChI=1S/C11H13NO2/c13-10-6-1-3-8(7-10)11(14)12-9-4-2-5-9/h1,3,6-7,9,13H,2,4-5H2,(H,12,14). The smallest absolute Gasteiger partial charge is 0.251 e. The number of amides is 1. The summed E-state index contributed by atoms with van der Waals surface area (Å²) in [4.78, 5) is 11.6. The van der Waals surface area contributed by atoms with Gasteiger partial charge in [0.2, 0.25) is 0 Å². The van der Waals surface area contributed by atoms with Gasteiger partial charge in [-0.2, -0.15) is 0 Å². The first-order valence-electron chi connectivity index (χ1n) is 4.85. The summed E-state index contributed by atoms with van der Waals surface area (Å²) in [6.07, 6.45) is 3.35. The summed E-state index contributed by atoms with van der Waals surface area (Å²) >= 11 is 0. The molecule has 3 nitrogen and oxygen atoms in total. The van der Waals surface area contributed by atoms with Gasteiger partial charge in [0, 0.05) is 11.6 Å². The zero-order valence-electron chi connectivity index (χ0n) is 7.86. The number of benzene rings is 1. The fourth-order valence-corrected chi connectivity index (χ4v) is 1.47. The third kappa shape index (κ3) is 1.87. The Morgan fingerprint density at radius 3 is 2.79 bits per heavy atom. The summed E-state index contributed by atoms with van der Waals surface area (Å²) in [5.41, 5.74) is 0.525. The van der Waals surface area contributed by atoms with Crippen LogP contribution in [-0.4, -0.2) is 17.1 Å². The summed E-state index contributed by atoms with van der Waals surface area (Å²) in [6.45, 7) is 0. The lowest BCUT2D eigenvalue weighted by Gasteiger charge is -2.26. The van der Waals surface area contributed by atoms with E-state index in [0.717, 1.165) is 12.8 Å². The number of rotatable bonds is 2. The average Bonchev–Trinajstić information content (AvgIpc) is 2.11. The second kappa shape index (κ2) is 3.70. The van der Waals surface area contributed by atoms with E-state index in [1.807, 2.05) is 0 Å². The van der Waals surface area contributed by atoms with E-state index < -0.39 is 0 Å². The average molecular weight is 191 g/mol. The van der Waals surface area contributed by atoms with E-state index in [1.165, 1.54) is 12.5 Å². The van der Waals surface area contributed by atoms with Gasteiger partial charge >= 0.3 is 0 Å². The minimum absolute atomic E-state index is 0.0920. The van der Waals surface area contributed by atoms with Crippen LogP contribution in [0, 0.1) is 0 Å². The summed E-state index contributed by atoms with van der Waals surface area (Å²) in [5.74, 6) is 0.0388. The number of phenolic OH excluding ortho intramolecular Hbond substituents is 1. The first kappa shape index (κ1) is 9.06. The molecule has 1 aliphatic carbocycles. The molecular weight excluding hydrogens is 178 g/mol. The zero-order chi connectivity index (χ0) is 9.97. The number of carbonyl (C=O) groups excluding carboxylic acids is 1. The van der Waals surface area contributed by atoms with Crippen LogP contribution >= 0.6 is 0 Å². The van der Waals surface area contributed by atoms with E-state index in [2.05, 4.69) is 5.32 Å². The number of carbonyl (C=O) groups is 1. The van der Waals surface area contributed by atoms with E-state index in [-0.39, 0.29) is 11.7 Å². The second-order valence-electron chi connectivity index (χ2n) is 3.65. The topological polar surface area (TPSA) is 49.3 Å². The highest BCUT2D eigenvalue weighted by molar-refractivity contribution is 5.94. The van der Waals surface area contributed by atoms with Crippen LogP contribution in [0.5, 0.6) is 5.75 Å². The molecule has 1 amide bonds. The molecule has 1 aromatic carbocycles. The Balaban J connectivity index is 2.02. The Bertz CT molecular complexity index is 345. The van der Waals surface area contributed by atoms with Crippen molar-refractivity contribution in [3.8, 4) is 5.75 Å². The monoisotopic (exact) mass is 191 g/mol. The van der Waals surface area contributed by atoms with Crippen molar-refractivity contribution in [1.29, 1.82) is 0 Å². The van der Waals surface area contributed by atoms with E-state index in [1.54, 1.807) is 18.2 Å². The molecule has 2 rings (SSSR count). The molecule has 0 bridgehead atoms. The molecule has 0 saturated heterocycles. The maximum atomic E-state index is 11.6. The molecule has 0 aliphatic heterocycles. The van der Waals surface area contributed by atoms with E-state index in [4.69, 9.17) is 0 Å². The van der Waals surface area contributed by atoms with Crippen molar-refractivity contribution in [2.75, 3.05) is 0 Å². The van der Waals surface area contributed by atoms with Crippen LogP contribution in [0.15, 0.2) is 24.3 Å². The van der Waals surface area contributed by atoms with Crippen molar-refractivity contribution in [3.63, 3.8) is 0 Å². The molecule has 14 heavy (non-hydrogen) atoms. The number of hydrogen-bond acceptors (Lipinski definition) is 2. The molecule has 1 aromatic rings. The Labute approximate surface area is 82.8 Å². The van der Waals surface area contributed by atoms with Gasteiger partial charge in [-0.05, 0) is 37.5 Å². The zero-order valence-corrected chi connectivity index (χ0v) is 7.86. The molecule has 0 radical (unpaired) electrons. The van der Waals surface area contributed by atoms with Crippen molar-refractivity contribution >= 4 is 5.91 Å². The van der Waals surface area contributed by atoms with Crippen molar-refractivity contribution in [2.24, 2.45) is 0 Å². The van der Waals surface area contributed by atoms with Crippen LogP contribution in [0.2, 0.25) is 0 Å². The second-order valence-corrected chi connectivity index (χ2v) is 3.65. The highest BCUT2D eigenvalue weighted by Gasteiger charge is 2.19. The molecule has 74 valence electrons. The molecule has 3 heteroatoms. The minimum atomic E-state index is -0.0920. The van der Waals surface area contributed by atoms with Gasteiger partial charge in [0.25, 0.3) is 5.91 Å². The SMILES string of the molecule is O=C(NC1CCC1)c1cccc(O)c1. The van der Waals surface area contributed by atoms with Crippen LogP contribution in [0.4, 0.5) is 0 Å². The predicted octanol–water partition coefficient (Wildman–Crippen LogP) is 1.67. The molecule has 0 spiro atoms. The van der Waals surface area contributed by atoms with Gasteiger partial charge in [0.05, 0.1) is 0 Å². The van der Waals surface area contributed by atoms with Gasteiger partial charge < -0.3 is 10.4 Å². The lowest BCUT2D eigenvalue weighted by Crippen LogP contribution is -2.39. The predicted molar refractivity (Wildman–Crippen MR) is 53.2 cm³/mol. The van der Waals surface area contributed by atoms with Crippen molar-refractivity contribution in [2.45, 2.75) is 25.3 Å². The molecular formula is C11H13NO2. The van der Waals surface area contributed by atoms with Crippen LogP contribution in [0.3, 0.4) is 0 Å². The molecule has 0 unspecified atom stereocenters. The first-order valence-corrected chi connectivity index (χ1v) is 4.85. The number of aromatic hydroxyl groups is 1. The first-order chi connectivity index (χ1) is 6.75. The largest absolute Gasteiger partial charge is 0.508 e. The highest BCUT2D eigenvalue weighted by Crippen LogP contribution is 2.19. The molecule has 0 atom stereocenters. The Hall–Kier alpha value is -1.51. The number of nitrogens with one attached hydrogen (secondary N) is 1. The van der Waals surface area contributed by atoms with E-state index in [0.29, 0.717) is 11.6 Å². The molecule has 2 N–H and O–H groups in total. The Kier molecular flexibility index (Phi) is 2.39. The van der Waals surface area contributed by atoms with Crippen LogP contribution in [0.1, 0.15) is 29.6 Å².